The summed E-state index contributed by atoms with van der Waals surface area (Å²) in [4.78, 5) is 4.05. The van der Waals surface area contributed by atoms with E-state index in [1.165, 1.54) is 12.8 Å². The Kier molecular flexibility index (Phi) is 8.52. The fourth-order valence-corrected chi connectivity index (χ4v) is 2.76. The second kappa shape index (κ2) is 10.9. The first-order valence-electron chi connectivity index (χ1n) is 9.84. The smallest absolute Gasteiger partial charge is 0.119 e. The largest absolute Gasteiger partial charge is 0.494 e. The van der Waals surface area contributed by atoms with Gasteiger partial charge in [0, 0.05) is 18.9 Å². The molecule has 0 fully saturated rings. The van der Waals surface area contributed by atoms with Crippen LogP contribution in [0.15, 0.2) is 43.0 Å². The van der Waals surface area contributed by atoms with Gasteiger partial charge in [-0.1, -0.05) is 20.8 Å². The first-order chi connectivity index (χ1) is 12.5. The minimum atomic E-state index is 0.415. The second-order valence-electron chi connectivity index (χ2n) is 8.05. The van der Waals surface area contributed by atoms with Crippen molar-refractivity contribution < 1.29 is 9.47 Å². The van der Waals surface area contributed by atoms with Crippen LogP contribution in [0.2, 0.25) is 0 Å². The van der Waals surface area contributed by atoms with Crippen molar-refractivity contribution >= 4 is 0 Å². The molecule has 0 aliphatic carbocycles. The number of aryl methyl sites for hydroxylation is 1. The fraction of sp³-hybridized carbons (Fsp3) is 0.591. The van der Waals surface area contributed by atoms with Crippen LogP contribution in [0.5, 0.6) is 11.5 Å². The standard InChI is InChI=1S/C22H34N2O2/c1-22(2,3)13-5-8-18-26-21-11-9-20(10-12-21)25-17-7-4-6-15-24-16-14-23-19-24/h9-12,14,16,19H,4-8,13,15,17-18H2,1-3H3. The Morgan fingerprint density at radius 2 is 1.46 bits per heavy atom. The van der Waals surface area contributed by atoms with E-state index in [-0.39, 0.29) is 0 Å². The molecule has 0 atom stereocenters. The Morgan fingerprint density at radius 1 is 0.846 bits per heavy atom. The van der Waals surface area contributed by atoms with Gasteiger partial charge in [0.2, 0.25) is 0 Å². The van der Waals surface area contributed by atoms with Crippen LogP contribution >= 0.6 is 0 Å². The maximum absolute atomic E-state index is 5.81. The maximum atomic E-state index is 5.81. The normalized spacial score (nSPS) is 11.5. The summed E-state index contributed by atoms with van der Waals surface area (Å²) in [6.45, 7) is 9.43. The quantitative estimate of drug-likeness (QED) is 0.455. The van der Waals surface area contributed by atoms with Crippen molar-refractivity contribution in [3.63, 3.8) is 0 Å². The van der Waals surface area contributed by atoms with E-state index in [4.69, 9.17) is 9.47 Å². The van der Waals surface area contributed by atoms with Gasteiger partial charge in [-0.25, -0.2) is 4.98 Å². The molecule has 26 heavy (non-hydrogen) atoms. The summed E-state index contributed by atoms with van der Waals surface area (Å²) >= 11 is 0. The van der Waals surface area contributed by atoms with Crippen molar-refractivity contribution in [2.75, 3.05) is 13.2 Å². The minimum absolute atomic E-state index is 0.415. The van der Waals surface area contributed by atoms with E-state index in [1.54, 1.807) is 0 Å². The number of hydrogen-bond donors (Lipinski definition) is 0. The summed E-state index contributed by atoms with van der Waals surface area (Å²) in [5.74, 6) is 1.84. The van der Waals surface area contributed by atoms with Gasteiger partial charge in [0.1, 0.15) is 11.5 Å². The molecule has 2 rings (SSSR count). The van der Waals surface area contributed by atoms with Gasteiger partial charge < -0.3 is 14.0 Å². The van der Waals surface area contributed by atoms with Crippen LogP contribution in [-0.2, 0) is 6.54 Å². The van der Waals surface area contributed by atoms with E-state index in [9.17, 15) is 0 Å². The average Bonchev–Trinajstić information content (AvgIpc) is 3.11. The number of nitrogens with zero attached hydrogens (tertiary/aromatic N) is 2. The van der Waals surface area contributed by atoms with E-state index in [2.05, 4.69) is 30.3 Å². The molecule has 0 radical (unpaired) electrons. The zero-order chi connectivity index (χ0) is 18.7. The van der Waals surface area contributed by atoms with Crippen LogP contribution in [0.1, 0.15) is 59.3 Å². The highest BCUT2D eigenvalue weighted by Gasteiger charge is 2.08. The monoisotopic (exact) mass is 358 g/mol. The predicted molar refractivity (Wildman–Crippen MR) is 107 cm³/mol. The highest BCUT2D eigenvalue weighted by atomic mass is 16.5. The third-order valence-corrected chi connectivity index (χ3v) is 4.30. The average molecular weight is 359 g/mol. The van der Waals surface area contributed by atoms with Crippen LogP contribution < -0.4 is 9.47 Å². The van der Waals surface area contributed by atoms with Crippen molar-refractivity contribution in [2.45, 2.75) is 65.8 Å². The summed E-state index contributed by atoms with van der Waals surface area (Å²) in [6.07, 6.45) is 12.6. The van der Waals surface area contributed by atoms with Crippen molar-refractivity contribution in [1.82, 2.24) is 9.55 Å². The molecular weight excluding hydrogens is 324 g/mol. The lowest BCUT2D eigenvalue weighted by molar-refractivity contribution is 0.283. The molecular formula is C22H34N2O2. The zero-order valence-corrected chi connectivity index (χ0v) is 16.6. The van der Waals surface area contributed by atoms with Gasteiger partial charge in [-0.05, 0) is 68.2 Å². The summed E-state index contributed by atoms with van der Waals surface area (Å²) in [6, 6.07) is 7.99. The van der Waals surface area contributed by atoms with Crippen LogP contribution in [0, 0.1) is 5.41 Å². The molecule has 0 aliphatic rings. The first-order valence-corrected chi connectivity index (χ1v) is 9.84. The van der Waals surface area contributed by atoms with Gasteiger partial charge in [-0.2, -0.15) is 0 Å². The highest BCUT2D eigenvalue weighted by Crippen LogP contribution is 2.22. The van der Waals surface area contributed by atoms with Crippen LogP contribution in [-0.4, -0.2) is 22.8 Å². The molecule has 4 nitrogen and oxygen atoms in total. The fourth-order valence-electron chi connectivity index (χ4n) is 2.76. The number of imidazole rings is 1. The van der Waals surface area contributed by atoms with Crippen LogP contribution in [0.25, 0.3) is 0 Å². The molecule has 1 aromatic carbocycles. The van der Waals surface area contributed by atoms with Gasteiger partial charge >= 0.3 is 0 Å². The summed E-state index contributed by atoms with van der Waals surface area (Å²) in [5.41, 5.74) is 0.415. The zero-order valence-electron chi connectivity index (χ0n) is 16.6. The van der Waals surface area contributed by atoms with Gasteiger partial charge in [-0.3, -0.25) is 0 Å². The molecule has 1 heterocycles. The first kappa shape index (κ1) is 20.3. The van der Waals surface area contributed by atoms with E-state index < -0.39 is 0 Å². The van der Waals surface area contributed by atoms with E-state index >= 15 is 0 Å². The summed E-state index contributed by atoms with van der Waals surface area (Å²) in [5, 5.41) is 0. The topological polar surface area (TPSA) is 36.3 Å². The van der Waals surface area contributed by atoms with Gasteiger partial charge in [-0.15, -0.1) is 0 Å². The highest BCUT2D eigenvalue weighted by molar-refractivity contribution is 5.31. The Balaban J connectivity index is 1.51. The molecule has 1 aromatic heterocycles. The molecule has 0 spiro atoms. The van der Waals surface area contributed by atoms with Gasteiger partial charge in [0.25, 0.3) is 0 Å². The van der Waals surface area contributed by atoms with Crippen molar-refractivity contribution in [1.29, 1.82) is 0 Å². The molecule has 0 amide bonds. The lowest BCUT2D eigenvalue weighted by Gasteiger charge is -2.17. The Bertz CT molecular complexity index is 586. The molecule has 0 saturated carbocycles. The molecule has 2 aromatic rings. The predicted octanol–water partition coefficient (Wildman–Crippen LogP) is 5.73. The molecule has 0 saturated heterocycles. The Hall–Kier alpha value is -1.97. The Morgan fingerprint density at radius 3 is 2.00 bits per heavy atom. The molecule has 0 aliphatic heterocycles. The third-order valence-electron chi connectivity index (χ3n) is 4.30. The van der Waals surface area contributed by atoms with E-state index in [0.717, 1.165) is 56.9 Å². The Labute approximate surface area is 158 Å². The lowest BCUT2D eigenvalue weighted by Crippen LogP contribution is -2.06. The van der Waals surface area contributed by atoms with Gasteiger partial charge in [0.05, 0.1) is 19.5 Å². The summed E-state index contributed by atoms with van der Waals surface area (Å²) < 4.78 is 13.7. The minimum Gasteiger partial charge on any atom is -0.494 e. The molecule has 4 heteroatoms. The molecule has 0 N–H and O–H groups in total. The third kappa shape index (κ3) is 8.93. The number of benzene rings is 1. The van der Waals surface area contributed by atoms with Crippen molar-refractivity contribution in [3.05, 3.63) is 43.0 Å². The molecule has 144 valence electrons. The van der Waals surface area contributed by atoms with Crippen LogP contribution in [0.4, 0.5) is 0 Å². The number of rotatable bonds is 12. The van der Waals surface area contributed by atoms with Crippen molar-refractivity contribution in [2.24, 2.45) is 5.41 Å². The molecule has 0 bridgehead atoms. The second-order valence-corrected chi connectivity index (χ2v) is 8.05. The van der Waals surface area contributed by atoms with Crippen molar-refractivity contribution in [3.8, 4) is 11.5 Å². The summed E-state index contributed by atoms with van der Waals surface area (Å²) in [7, 11) is 0. The SMILES string of the molecule is CC(C)(C)CCCCOc1ccc(OCCCCCn2ccnc2)cc1. The lowest BCUT2D eigenvalue weighted by atomic mass is 9.90. The van der Waals surface area contributed by atoms with E-state index in [0.29, 0.717) is 5.41 Å². The number of unbranched alkanes of at least 4 members (excludes halogenated alkanes) is 3. The number of ether oxygens (including phenoxy) is 2. The van der Waals surface area contributed by atoms with Gasteiger partial charge in [0.15, 0.2) is 0 Å². The maximum Gasteiger partial charge on any atom is 0.119 e. The number of aromatic nitrogens is 2. The number of hydrogen-bond acceptors (Lipinski definition) is 3. The molecule has 0 unspecified atom stereocenters. The van der Waals surface area contributed by atoms with Crippen LogP contribution in [0.3, 0.4) is 0 Å². The van der Waals surface area contributed by atoms with E-state index in [1.807, 2.05) is 43.0 Å².